The third kappa shape index (κ3) is 3.22. The maximum Gasteiger partial charge on any atom is 0.167 e. The zero-order chi connectivity index (χ0) is 13.0. The van der Waals surface area contributed by atoms with E-state index in [0.29, 0.717) is 17.3 Å². The molecule has 94 valence electrons. The van der Waals surface area contributed by atoms with Crippen molar-refractivity contribution in [3.8, 4) is 11.5 Å². The van der Waals surface area contributed by atoms with Gasteiger partial charge in [-0.15, -0.1) is 0 Å². The normalized spacial score (nSPS) is 10.4. The minimum atomic E-state index is -0.478. The van der Waals surface area contributed by atoms with Gasteiger partial charge in [0.25, 0.3) is 0 Å². The first kappa shape index (κ1) is 12.9. The van der Waals surface area contributed by atoms with Crippen LogP contribution in [0.15, 0.2) is 42.5 Å². The molecular formula is C14H13ClFNO. The van der Waals surface area contributed by atoms with Gasteiger partial charge in [0.2, 0.25) is 0 Å². The molecule has 0 fully saturated rings. The molecule has 2 nitrogen and oxygen atoms in total. The van der Waals surface area contributed by atoms with Gasteiger partial charge in [-0.25, -0.2) is 4.39 Å². The minimum Gasteiger partial charge on any atom is -0.454 e. The molecule has 0 aliphatic heterocycles. The lowest BCUT2D eigenvalue weighted by Gasteiger charge is -2.07. The highest BCUT2D eigenvalue weighted by Crippen LogP contribution is 2.26. The molecule has 0 unspecified atom stereocenters. The summed E-state index contributed by atoms with van der Waals surface area (Å²) in [6.07, 6.45) is 0.815. The Bertz CT molecular complexity index is 528. The largest absolute Gasteiger partial charge is 0.454 e. The Morgan fingerprint density at radius 3 is 2.44 bits per heavy atom. The number of nitrogens with two attached hydrogens (primary N) is 1. The maximum atomic E-state index is 13.5. The van der Waals surface area contributed by atoms with E-state index in [1.807, 2.05) is 12.1 Å². The molecule has 0 atom stereocenters. The van der Waals surface area contributed by atoms with Gasteiger partial charge in [-0.05, 0) is 48.9 Å². The van der Waals surface area contributed by atoms with E-state index in [9.17, 15) is 4.39 Å². The summed E-state index contributed by atoms with van der Waals surface area (Å²) in [5, 5.41) is 0.346. The first-order valence-corrected chi connectivity index (χ1v) is 5.99. The summed E-state index contributed by atoms with van der Waals surface area (Å²) in [6, 6.07) is 11.7. The Morgan fingerprint density at radius 2 is 1.83 bits per heavy atom. The van der Waals surface area contributed by atoms with Crippen molar-refractivity contribution >= 4 is 11.6 Å². The monoisotopic (exact) mass is 265 g/mol. The van der Waals surface area contributed by atoms with Gasteiger partial charge in [-0.2, -0.15) is 0 Å². The van der Waals surface area contributed by atoms with Gasteiger partial charge in [0.05, 0.1) is 0 Å². The maximum absolute atomic E-state index is 13.5. The smallest absolute Gasteiger partial charge is 0.167 e. The van der Waals surface area contributed by atoms with Crippen molar-refractivity contribution in [2.75, 3.05) is 6.54 Å². The number of rotatable bonds is 4. The van der Waals surface area contributed by atoms with Crippen LogP contribution < -0.4 is 10.5 Å². The van der Waals surface area contributed by atoms with Gasteiger partial charge < -0.3 is 10.5 Å². The average molecular weight is 266 g/mol. The summed E-state index contributed by atoms with van der Waals surface area (Å²) < 4.78 is 18.9. The molecule has 0 saturated heterocycles. The SMILES string of the molecule is NCCc1ccc(Oc2ccc(Cl)cc2F)cc1. The first-order chi connectivity index (χ1) is 8.69. The number of hydrogen-bond acceptors (Lipinski definition) is 2. The summed E-state index contributed by atoms with van der Waals surface area (Å²) >= 11 is 5.67. The lowest BCUT2D eigenvalue weighted by Crippen LogP contribution is -2.02. The van der Waals surface area contributed by atoms with E-state index in [0.717, 1.165) is 12.0 Å². The van der Waals surface area contributed by atoms with Crippen molar-refractivity contribution in [2.24, 2.45) is 5.73 Å². The van der Waals surface area contributed by atoms with Gasteiger partial charge in [0.15, 0.2) is 11.6 Å². The van der Waals surface area contributed by atoms with Crippen LogP contribution in [-0.4, -0.2) is 6.54 Å². The molecule has 4 heteroatoms. The van der Waals surface area contributed by atoms with Crippen LogP contribution in [0.3, 0.4) is 0 Å². The van der Waals surface area contributed by atoms with Crippen molar-refractivity contribution in [2.45, 2.75) is 6.42 Å². The van der Waals surface area contributed by atoms with Gasteiger partial charge in [-0.3, -0.25) is 0 Å². The van der Waals surface area contributed by atoms with Crippen LogP contribution in [0.2, 0.25) is 5.02 Å². The minimum absolute atomic E-state index is 0.158. The highest BCUT2D eigenvalue weighted by molar-refractivity contribution is 6.30. The molecule has 2 aromatic carbocycles. The molecule has 0 radical (unpaired) electrons. The van der Waals surface area contributed by atoms with Crippen LogP contribution in [0.4, 0.5) is 4.39 Å². The molecule has 0 bridgehead atoms. The van der Waals surface area contributed by atoms with Crippen LogP contribution >= 0.6 is 11.6 Å². The fraction of sp³-hybridized carbons (Fsp3) is 0.143. The number of hydrogen-bond donors (Lipinski definition) is 1. The van der Waals surface area contributed by atoms with Crippen molar-refractivity contribution in [3.63, 3.8) is 0 Å². The van der Waals surface area contributed by atoms with Crippen LogP contribution in [0, 0.1) is 5.82 Å². The standard InChI is InChI=1S/C14H13ClFNO/c15-11-3-6-14(13(16)9-11)18-12-4-1-10(2-5-12)7-8-17/h1-6,9H,7-8,17H2. The molecule has 0 aliphatic carbocycles. The van der Waals surface area contributed by atoms with Crippen molar-refractivity contribution in [1.29, 1.82) is 0 Å². The summed E-state index contributed by atoms with van der Waals surface area (Å²) in [7, 11) is 0. The zero-order valence-electron chi connectivity index (χ0n) is 9.70. The van der Waals surface area contributed by atoms with E-state index < -0.39 is 5.82 Å². The summed E-state index contributed by atoms with van der Waals surface area (Å²) in [4.78, 5) is 0. The first-order valence-electron chi connectivity index (χ1n) is 5.61. The van der Waals surface area contributed by atoms with Crippen molar-refractivity contribution in [3.05, 3.63) is 58.9 Å². The lowest BCUT2D eigenvalue weighted by molar-refractivity contribution is 0.442. The fourth-order valence-electron chi connectivity index (χ4n) is 1.58. The molecule has 2 rings (SSSR count). The number of benzene rings is 2. The van der Waals surface area contributed by atoms with E-state index in [2.05, 4.69) is 0 Å². The second-order valence-electron chi connectivity index (χ2n) is 3.86. The Balaban J connectivity index is 2.13. The third-order valence-corrected chi connectivity index (χ3v) is 2.71. The molecule has 2 N–H and O–H groups in total. The van der Waals surface area contributed by atoms with Gasteiger partial charge in [0, 0.05) is 5.02 Å². The summed E-state index contributed by atoms with van der Waals surface area (Å²) in [5.41, 5.74) is 6.59. The van der Waals surface area contributed by atoms with Crippen LogP contribution in [0.5, 0.6) is 11.5 Å². The summed E-state index contributed by atoms with van der Waals surface area (Å²) in [6.45, 7) is 0.603. The number of halogens is 2. The second kappa shape index (κ2) is 5.85. The van der Waals surface area contributed by atoms with Gasteiger partial charge in [0.1, 0.15) is 5.75 Å². The van der Waals surface area contributed by atoms with Gasteiger partial charge in [-0.1, -0.05) is 23.7 Å². The fourth-order valence-corrected chi connectivity index (χ4v) is 1.73. The average Bonchev–Trinajstić information content (AvgIpc) is 2.35. The lowest BCUT2D eigenvalue weighted by atomic mass is 10.1. The van der Waals surface area contributed by atoms with E-state index in [1.54, 1.807) is 18.2 Å². The molecule has 0 aliphatic rings. The van der Waals surface area contributed by atoms with Crippen LogP contribution in [0.25, 0.3) is 0 Å². The summed E-state index contributed by atoms with van der Waals surface area (Å²) in [5.74, 6) is 0.261. The van der Waals surface area contributed by atoms with Crippen LogP contribution in [0.1, 0.15) is 5.56 Å². The second-order valence-corrected chi connectivity index (χ2v) is 4.30. The highest BCUT2D eigenvalue weighted by atomic mass is 35.5. The van der Waals surface area contributed by atoms with E-state index in [-0.39, 0.29) is 5.75 Å². The Morgan fingerprint density at radius 1 is 1.11 bits per heavy atom. The quantitative estimate of drug-likeness (QED) is 0.913. The molecular weight excluding hydrogens is 253 g/mol. The molecule has 2 aromatic rings. The Labute approximate surface area is 110 Å². The molecule has 0 heterocycles. The highest BCUT2D eigenvalue weighted by Gasteiger charge is 2.05. The van der Waals surface area contributed by atoms with Crippen molar-refractivity contribution in [1.82, 2.24) is 0 Å². The third-order valence-electron chi connectivity index (χ3n) is 2.48. The van der Waals surface area contributed by atoms with E-state index >= 15 is 0 Å². The predicted molar refractivity (Wildman–Crippen MR) is 70.7 cm³/mol. The topological polar surface area (TPSA) is 35.2 Å². The Kier molecular flexibility index (Phi) is 4.18. The van der Waals surface area contributed by atoms with Crippen LogP contribution in [-0.2, 0) is 6.42 Å². The molecule has 0 amide bonds. The van der Waals surface area contributed by atoms with Crippen molar-refractivity contribution < 1.29 is 9.13 Å². The Hall–Kier alpha value is -1.58. The van der Waals surface area contributed by atoms with E-state index in [1.165, 1.54) is 12.1 Å². The molecule has 0 saturated carbocycles. The predicted octanol–water partition coefficient (Wildman–Crippen LogP) is 3.77. The molecule has 18 heavy (non-hydrogen) atoms. The van der Waals surface area contributed by atoms with Gasteiger partial charge >= 0.3 is 0 Å². The van der Waals surface area contributed by atoms with E-state index in [4.69, 9.17) is 22.1 Å². The molecule has 0 spiro atoms. The zero-order valence-corrected chi connectivity index (χ0v) is 10.5. The number of ether oxygens (including phenoxy) is 1. The molecule has 0 aromatic heterocycles.